The summed E-state index contributed by atoms with van der Waals surface area (Å²) in [6.45, 7) is 8.91. The highest BCUT2D eigenvalue weighted by Gasteiger charge is 2.33. The summed E-state index contributed by atoms with van der Waals surface area (Å²) in [4.78, 5) is 30.1. The molecule has 5 rings (SSSR count). The number of nitrogens with two attached hydrogens (primary N) is 1. The molecule has 0 saturated carbocycles. The van der Waals surface area contributed by atoms with Gasteiger partial charge < -0.3 is 29.4 Å². The number of piperidine rings is 1. The van der Waals surface area contributed by atoms with E-state index in [9.17, 15) is 4.79 Å². The van der Waals surface area contributed by atoms with E-state index in [-0.39, 0.29) is 23.7 Å². The lowest BCUT2D eigenvalue weighted by molar-refractivity contribution is 0.131. The normalized spacial score (nSPS) is 21.7. The Morgan fingerprint density at radius 2 is 1.94 bits per heavy atom. The van der Waals surface area contributed by atoms with Gasteiger partial charge in [-0.05, 0) is 44.2 Å². The van der Waals surface area contributed by atoms with Crippen LogP contribution in [0.25, 0.3) is 0 Å². The van der Waals surface area contributed by atoms with Crippen molar-refractivity contribution in [1.29, 1.82) is 0 Å². The van der Waals surface area contributed by atoms with Crippen LogP contribution in [-0.4, -0.2) is 63.0 Å². The maximum atomic E-state index is 12.4. The van der Waals surface area contributed by atoms with Gasteiger partial charge in [-0.2, -0.15) is 4.98 Å². The van der Waals surface area contributed by atoms with Crippen LogP contribution >= 0.6 is 0 Å². The van der Waals surface area contributed by atoms with Crippen LogP contribution < -0.4 is 25.8 Å². The molecule has 3 aromatic heterocycles. The van der Waals surface area contributed by atoms with Crippen molar-refractivity contribution < 1.29 is 9.26 Å². The Bertz CT molecular complexity index is 1220. The monoisotopic (exact) mass is 494 g/mol. The maximum Gasteiger partial charge on any atom is 0.324 e. The number of rotatable bonds is 7. The van der Waals surface area contributed by atoms with E-state index in [0.717, 1.165) is 43.7 Å². The first-order valence-electron chi connectivity index (χ1n) is 12.7. The fourth-order valence-electron chi connectivity index (χ4n) is 5.05. The van der Waals surface area contributed by atoms with E-state index >= 15 is 0 Å². The lowest BCUT2D eigenvalue weighted by atomic mass is 9.92. The second kappa shape index (κ2) is 10.3. The summed E-state index contributed by atoms with van der Waals surface area (Å²) in [7, 11) is 0. The molecular formula is C25H34N8O3. The van der Waals surface area contributed by atoms with Gasteiger partial charge in [0.05, 0.1) is 24.5 Å². The topological polar surface area (TPSA) is 128 Å². The first-order chi connectivity index (χ1) is 17.4. The Labute approximate surface area is 210 Å². The lowest BCUT2D eigenvalue weighted by Gasteiger charge is -2.33. The largest absolute Gasteiger partial charge is 0.487 e. The van der Waals surface area contributed by atoms with Gasteiger partial charge in [0.2, 0.25) is 5.95 Å². The number of nitrogens with zero attached hydrogens (tertiary/aromatic N) is 7. The van der Waals surface area contributed by atoms with Crippen molar-refractivity contribution in [2.45, 2.75) is 58.2 Å². The number of aromatic nitrogens is 5. The number of ether oxygens (including phenoxy) is 1. The molecule has 0 amide bonds. The summed E-state index contributed by atoms with van der Waals surface area (Å²) in [5.41, 5.74) is 7.28. The minimum Gasteiger partial charge on any atom is -0.487 e. The molecule has 0 radical (unpaired) electrons. The van der Waals surface area contributed by atoms with Crippen LogP contribution in [0.3, 0.4) is 0 Å². The second-order valence-corrected chi connectivity index (χ2v) is 9.80. The van der Waals surface area contributed by atoms with Crippen LogP contribution in [0.5, 0.6) is 5.75 Å². The van der Waals surface area contributed by atoms with Crippen molar-refractivity contribution in [2.75, 3.05) is 36.0 Å². The Morgan fingerprint density at radius 1 is 1.19 bits per heavy atom. The number of aryl methyl sites for hydroxylation is 2. The molecule has 0 spiro atoms. The third kappa shape index (κ3) is 5.06. The molecule has 0 bridgehead atoms. The summed E-state index contributed by atoms with van der Waals surface area (Å²) in [6.07, 6.45) is 8.02. The van der Waals surface area contributed by atoms with E-state index < -0.39 is 0 Å². The summed E-state index contributed by atoms with van der Waals surface area (Å²) < 4.78 is 13.3. The zero-order valence-corrected chi connectivity index (χ0v) is 21.1. The van der Waals surface area contributed by atoms with Crippen molar-refractivity contribution in [1.82, 2.24) is 24.7 Å². The van der Waals surface area contributed by atoms with Crippen LogP contribution in [0, 0.1) is 12.8 Å². The van der Waals surface area contributed by atoms with Crippen molar-refractivity contribution in [3.63, 3.8) is 0 Å². The van der Waals surface area contributed by atoms with Crippen LogP contribution in [0.2, 0.25) is 0 Å². The first kappa shape index (κ1) is 24.2. The average molecular weight is 495 g/mol. The second-order valence-electron chi connectivity index (χ2n) is 9.80. The highest BCUT2D eigenvalue weighted by atomic mass is 16.5. The van der Waals surface area contributed by atoms with E-state index in [4.69, 9.17) is 15.0 Å². The summed E-state index contributed by atoms with van der Waals surface area (Å²) >= 11 is 0. The van der Waals surface area contributed by atoms with Crippen LogP contribution in [0.4, 0.5) is 12.0 Å². The smallest absolute Gasteiger partial charge is 0.324 e. The predicted octanol–water partition coefficient (Wildman–Crippen LogP) is 1.96. The number of hydrogen-bond acceptors (Lipinski definition) is 10. The maximum absolute atomic E-state index is 12.4. The van der Waals surface area contributed by atoms with Crippen molar-refractivity contribution in [2.24, 2.45) is 11.7 Å². The fourth-order valence-corrected chi connectivity index (χ4v) is 5.05. The van der Waals surface area contributed by atoms with Crippen molar-refractivity contribution >= 4 is 12.0 Å². The molecule has 11 heteroatoms. The molecule has 2 unspecified atom stereocenters. The summed E-state index contributed by atoms with van der Waals surface area (Å²) in [6, 6.07) is 3.87. The molecule has 5 heterocycles. The highest BCUT2D eigenvalue weighted by Crippen LogP contribution is 2.28. The Kier molecular flexibility index (Phi) is 6.90. The summed E-state index contributed by atoms with van der Waals surface area (Å²) in [5, 5.41) is 3.99. The lowest BCUT2D eigenvalue weighted by Crippen LogP contribution is -2.38. The zero-order chi connectivity index (χ0) is 25.2. The van der Waals surface area contributed by atoms with E-state index in [2.05, 4.69) is 31.9 Å². The van der Waals surface area contributed by atoms with Crippen LogP contribution in [0.15, 0.2) is 40.0 Å². The Balaban J connectivity index is 1.15. The molecule has 192 valence electrons. The molecule has 2 fully saturated rings. The SMILES string of the molecule is CCc1noc(N2CCC([C@H](C)Oc3cnc(N4CC(N)C(n5ccc(C)cc5=O)C4)nc3)CC2)n1. The Hall–Kier alpha value is -3.47. The number of pyridine rings is 1. The molecule has 2 aliphatic heterocycles. The van der Waals surface area contributed by atoms with Gasteiger partial charge in [0.25, 0.3) is 5.56 Å². The number of anilines is 2. The fraction of sp³-hybridized carbons (Fsp3) is 0.560. The zero-order valence-electron chi connectivity index (χ0n) is 21.1. The van der Waals surface area contributed by atoms with E-state index in [0.29, 0.717) is 36.7 Å². The minimum absolute atomic E-state index is 0.0356. The molecule has 0 aromatic carbocycles. The molecule has 3 aromatic rings. The molecule has 2 saturated heterocycles. The number of hydrogen-bond donors (Lipinski definition) is 1. The van der Waals surface area contributed by atoms with E-state index in [1.165, 1.54) is 0 Å². The van der Waals surface area contributed by atoms with E-state index in [1.807, 2.05) is 31.0 Å². The van der Waals surface area contributed by atoms with Gasteiger partial charge in [-0.25, -0.2) is 9.97 Å². The highest BCUT2D eigenvalue weighted by molar-refractivity contribution is 5.35. The van der Waals surface area contributed by atoms with Gasteiger partial charge in [-0.3, -0.25) is 4.79 Å². The van der Waals surface area contributed by atoms with Gasteiger partial charge in [0.1, 0.15) is 0 Å². The predicted molar refractivity (Wildman–Crippen MR) is 135 cm³/mol. The van der Waals surface area contributed by atoms with Gasteiger partial charge in [-0.1, -0.05) is 12.1 Å². The first-order valence-corrected chi connectivity index (χ1v) is 12.7. The third-order valence-corrected chi connectivity index (χ3v) is 7.26. The van der Waals surface area contributed by atoms with E-state index in [1.54, 1.807) is 23.0 Å². The van der Waals surface area contributed by atoms with Crippen molar-refractivity contribution in [3.05, 3.63) is 52.5 Å². The van der Waals surface area contributed by atoms with Crippen LogP contribution in [-0.2, 0) is 6.42 Å². The molecule has 11 nitrogen and oxygen atoms in total. The quantitative estimate of drug-likeness (QED) is 0.520. The molecule has 2 N–H and O–H groups in total. The molecule has 2 aliphatic rings. The Morgan fingerprint density at radius 3 is 2.61 bits per heavy atom. The van der Waals surface area contributed by atoms with Gasteiger partial charge >= 0.3 is 6.01 Å². The standard InChI is InChI=1S/C25H34N8O3/c1-4-22-29-25(36-30-22)31-8-6-18(7-9-31)17(3)35-19-12-27-24(28-13-19)32-14-20(26)21(15-32)33-10-5-16(2)11-23(33)34/h5,10-13,17-18,20-21H,4,6-9,14-15,26H2,1-3H3/t17-,20?,21?/m0/s1. The third-order valence-electron chi connectivity index (χ3n) is 7.26. The molecule has 3 atom stereocenters. The van der Waals surface area contributed by atoms with Crippen LogP contribution in [0.1, 0.15) is 44.1 Å². The average Bonchev–Trinajstić information content (AvgIpc) is 3.52. The van der Waals surface area contributed by atoms with Gasteiger partial charge in [0, 0.05) is 50.9 Å². The van der Waals surface area contributed by atoms with Gasteiger partial charge in [-0.15, -0.1) is 0 Å². The minimum atomic E-state index is -0.184. The molecule has 0 aliphatic carbocycles. The molecular weight excluding hydrogens is 460 g/mol. The summed E-state index contributed by atoms with van der Waals surface area (Å²) in [5.74, 6) is 2.39. The van der Waals surface area contributed by atoms with Gasteiger partial charge in [0.15, 0.2) is 11.6 Å². The molecule has 36 heavy (non-hydrogen) atoms. The van der Waals surface area contributed by atoms with Crippen molar-refractivity contribution in [3.8, 4) is 5.75 Å².